The summed E-state index contributed by atoms with van der Waals surface area (Å²) >= 11 is 0. The number of hydrogen-bond acceptors (Lipinski definition) is 3. The molecule has 4 aromatic rings. The number of hydrogen-bond donors (Lipinski definition) is 0. The molecular formula is C22H18N2O. The van der Waals surface area contributed by atoms with Crippen molar-refractivity contribution in [2.45, 2.75) is 13.8 Å². The molecular weight excluding hydrogens is 308 g/mol. The van der Waals surface area contributed by atoms with Gasteiger partial charge in [-0.05, 0) is 43.2 Å². The average Bonchev–Trinajstić information content (AvgIpc) is 3.16. The van der Waals surface area contributed by atoms with E-state index in [1.54, 1.807) is 12.5 Å². The molecule has 2 heterocycles. The van der Waals surface area contributed by atoms with Gasteiger partial charge in [0.1, 0.15) is 0 Å². The van der Waals surface area contributed by atoms with Gasteiger partial charge in [0.2, 0.25) is 0 Å². The molecule has 0 fully saturated rings. The van der Waals surface area contributed by atoms with Crippen LogP contribution in [0.4, 0.5) is 0 Å². The highest BCUT2D eigenvalue weighted by Crippen LogP contribution is 2.27. The van der Waals surface area contributed by atoms with Crippen LogP contribution in [0.2, 0.25) is 0 Å². The monoisotopic (exact) mass is 326 g/mol. The van der Waals surface area contributed by atoms with Gasteiger partial charge < -0.3 is 4.42 Å². The fraction of sp³-hybridized carbons (Fsp3) is 0.0909. The van der Waals surface area contributed by atoms with Crippen LogP contribution in [0.25, 0.3) is 33.8 Å². The molecule has 0 radical (unpaired) electrons. The van der Waals surface area contributed by atoms with Crippen LogP contribution in [0, 0.1) is 13.8 Å². The molecule has 25 heavy (non-hydrogen) atoms. The fourth-order valence-electron chi connectivity index (χ4n) is 2.92. The van der Waals surface area contributed by atoms with Gasteiger partial charge in [-0.3, -0.25) is 0 Å². The quantitative estimate of drug-likeness (QED) is 0.485. The van der Waals surface area contributed by atoms with Gasteiger partial charge in [-0.2, -0.15) is 0 Å². The third-order valence-corrected chi connectivity index (χ3v) is 4.14. The number of benzene rings is 2. The Morgan fingerprint density at radius 1 is 0.720 bits per heavy atom. The SMILES string of the molecule is Cc1cccc(-c2cccc(-c3nc(C)cc(-c4ccoc4)n3)c2)c1. The maximum Gasteiger partial charge on any atom is 0.160 e. The molecule has 3 nitrogen and oxygen atoms in total. The summed E-state index contributed by atoms with van der Waals surface area (Å²) in [4.78, 5) is 9.35. The number of furan rings is 1. The van der Waals surface area contributed by atoms with Gasteiger partial charge in [0.05, 0.1) is 18.2 Å². The summed E-state index contributed by atoms with van der Waals surface area (Å²) < 4.78 is 5.18. The van der Waals surface area contributed by atoms with Crippen LogP contribution in [0.1, 0.15) is 11.3 Å². The summed E-state index contributed by atoms with van der Waals surface area (Å²) in [7, 11) is 0. The number of aryl methyl sites for hydroxylation is 2. The van der Waals surface area contributed by atoms with Crippen molar-refractivity contribution in [3.05, 3.63) is 84.4 Å². The summed E-state index contributed by atoms with van der Waals surface area (Å²) in [5.74, 6) is 0.728. The zero-order valence-electron chi connectivity index (χ0n) is 14.2. The van der Waals surface area contributed by atoms with Crippen molar-refractivity contribution >= 4 is 0 Å². The first kappa shape index (κ1) is 15.3. The lowest BCUT2D eigenvalue weighted by Gasteiger charge is -2.08. The first-order chi connectivity index (χ1) is 12.2. The van der Waals surface area contributed by atoms with E-state index in [9.17, 15) is 0 Å². The van der Waals surface area contributed by atoms with Gasteiger partial charge in [-0.1, -0.05) is 48.0 Å². The zero-order valence-corrected chi connectivity index (χ0v) is 14.2. The van der Waals surface area contributed by atoms with E-state index < -0.39 is 0 Å². The van der Waals surface area contributed by atoms with E-state index in [1.165, 1.54) is 11.1 Å². The first-order valence-electron chi connectivity index (χ1n) is 8.25. The summed E-state index contributed by atoms with van der Waals surface area (Å²) in [5.41, 5.74) is 7.38. The molecule has 2 aromatic heterocycles. The van der Waals surface area contributed by atoms with Crippen molar-refractivity contribution in [1.29, 1.82) is 0 Å². The van der Waals surface area contributed by atoms with Crippen LogP contribution in [-0.2, 0) is 0 Å². The Morgan fingerprint density at radius 3 is 2.24 bits per heavy atom. The average molecular weight is 326 g/mol. The second-order valence-corrected chi connectivity index (χ2v) is 6.18. The lowest BCUT2D eigenvalue weighted by molar-refractivity contribution is 0.568. The summed E-state index contributed by atoms with van der Waals surface area (Å²) in [5, 5.41) is 0. The van der Waals surface area contributed by atoms with Crippen LogP contribution in [0.15, 0.2) is 77.6 Å². The van der Waals surface area contributed by atoms with Crippen LogP contribution < -0.4 is 0 Å². The molecule has 0 aliphatic carbocycles. The Balaban J connectivity index is 1.79. The molecule has 2 aromatic carbocycles. The van der Waals surface area contributed by atoms with Crippen molar-refractivity contribution < 1.29 is 4.42 Å². The number of rotatable bonds is 3. The summed E-state index contributed by atoms with van der Waals surface area (Å²) in [6, 6.07) is 20.7. The Labute approximate surface area is 147 Å². The van der Waals surface area contributed by atoms with E-state index in [1.807, 2.05) is 25.1 Å². The minimum Gasteiger partial charge on any atom is -0.472 e. The van der Waals surface area contributed by atoms with Crippen LogP contribution in [0.3, 0.4) is 0 Å². The second kappa shape index (κ2) is 6.36. The molecule has 3 heteroatoms. The van der Waals surface area contributed by atoms with Crippen LogP contribution in [0.5, 0.6) is 0 Å². The normalized spacial score (nSPS) is 10.8. The predicted octanol–water partition coefficient (Wildman–Crippen LogP) is 5.69. The molecule has 0 amide bonds. The van der Waals surface area contributed by atoms with E-state index >= 15 is 0 Å². The minimum absolute atomic E-state index is 0.728. The lowest BCUT2D eigenvalue weighted by atomic mass is 10.0. The first-order valence-corrected chi connectivity index (χ1v) is 8.25. The maximum absolute atomic E-state index is 5.18. The minimum atomic E-state index is 0.728. The molecule has 0 bridgehead atoms. The largest absolute Gasteiger partial charge is 0.472 e. The highest BCUT2D eigenvalue weighted by molar-refractivity contribution is 5.71. The lowest BCUT2D eigenvalue weighted by Crippen LogP contribution is -1.94. The molecule has 0 atom stereocenters. The molecule has 0 saturated carbocycles. The van der Waals surface area contributed by atoms with Crippen molar-refractivity contribution in [3.63, 3.8) is 0 Å². The molecule has 122 valence electrons. The van der Waals surface area contributed by atoms with Crippen molar-refractivity contribution in [2.75, 3.05) is 0 Å². The molecule has 0 N–H and O–H groups in total. The van der Waals surface area contributed by atoms with Gasteiger partial charge in [0.15, 0.2) is 5.82 Å². The van der Waals surface area contributed by atoms with Gasteiger partial charge in [0.25, 0.3) is 0 Å². The predicted molar refractivity (Wildman–Crippen MR) is 100 cm³/mol. The van der Waals surface area contributed by atoms with Crippen molar-refractivity contribution in [3.8, 4) is 33.8 Å². The molecule has 0 saturated heterocycles. The van der Waals surface area contributed by atoms with Crippen molar-refractivity contribution in [1.82, 2.24) is 9.97 Å². The Hall–Kier alpha value is -3.20. The van der Waals surface area contributed by atoms with E-state index in [-0.39, 0.29) is 0 Å². The summed E-state index contributed by atoms with van der Waals surface area (Å²) in [6.07, 6.45) is 3.36. The third-order valence-electron chi connectivity index (χ3n) is 4.14. The standard InChI is InChI=1S/C22H18N2O/c1-15-5-3-6-17(11-15)18-7-4-8-19(13-18)22-23-16(2)12-21(24-22)20-9-10-25-14-20/h3-14H,1-2H3. The van der Waals surface area contributed by atoms with Gasteiger partial charge in [0, 0.05) is 16.8 Å². The van der Waals surface area contributed by atoms with E-state index in [4.69, 9.17) is 9.40 Å². The van der Waals surface area contributed by atoms with Gasteiger partial charge >= 0.3 is 0 Å². The topological polar surface area (TPSA) is 38.9 Å². The van der Waals surface area contributed by atoms with Crippen LogP contribution >= 0.6 is 0 Å². The van der Waals surface area contributed by atoms with Crippen molar-refractivity contribution in [2.24, 2.45) is 0 Å². The van der Waals surface area contributed by atoms with Crippen LogP contribution in [-0.4, -0.2) is 9.97 Å². The summed E-state index contributed by atoms with van der Waals surface area (Å²) in [6.45, 7) is 4.09. The number of aromatic nitrogens is 2. The van der Waals surface area contributed by atoms with E-state index in [2.05, 4.69) is 54.4 Å². The van der Waals surface area contributed by atoms with E-state index in [0.29, 0.717) is 0 Å². The highest BCUT2D eigenvalue weighted by Gasteiger charge is 2.09. The van der Waals surface area contributed by atoms with Gasteiger partial charge in [-0.25, -0.2) is 9.97 Å². The van der Waals surface area contributed by atoms with Gasteiger partial charge in [-0.15, -0.1) is 0 Å². The van der Waals surface area contributed by atoms with E-state index in [0.717, 1.165) is 33.9 Å². The molecule has 0 aliphatic rings. The second-order valence-electron chi connectivity index (χ2n) is 6.18. The Morgan fingerprint density at radius 2 is 1.48 bits per heavy atom. The molecule has 0 aliphatic heterocycles. The Kier molecular flexibility index (Phi) is 3.90. The molecule has 4 rings (SSSR count). The smallest absolute Gasteiger partial charge is 0.160 e. The maximum atomic E-state index is 5.18. The number of nitrogens with zero attached hydrogens (tertiary/aromatic N) is 2. The molecule has 0 unspecified atom stereocenters. The zero-order chi connectivity index (χ0) is 17.2. The molecule has 0 spiro atoms. The third kappa shape index (κ3) is 3.22. The highest BCUT2D eigenvalue weighted by atomic mass is 16.3. The Bertz CT molecular complexity index is 1020. The fourth-order valence-corrected chi connectivity index (χ4v) is 2.92.